The van der Waals surface area contributed by atoms with Gasteiger partial charge in [-0.2, -0.15) is 0 Å². The second-order valence-electron chi connectivity index (χ2n) is 6.86. The van der Waals surface area contributed by atoms with Crippen molar-refractivity contribution in [1.29, 1.82) is 0 Å². The summed E-state index contributed by atoms with van der Waals surface area (Å²) in [6, 6.07) is 13.9. The molecule has 2 aromatic rings. The molecule has 132 valence electrons. The summed E-state index contributed by atoms with van der Waals surface area (Å²) in [6.07, 6.45) is 2.43. The number of benzene rings is 2. The number of hydrogen-bond acceptors (Lipinski definition) is 2. The van der Waals surface area contributed by atoms with Crippen LogP contribution >= 0.6 is 11.6 Å². The van der Waals surface area contributed by atoms with Crippen molar-refractivity contribution < 1.29 is 9.53 Å². The van der Waals surface area contributed by atoms with Gasteiger partial charge in [0.2, 0.25) is 0 Å². The monoisotopic (exact) mass is 357 g/mol. The molecule has 1 aliphatic carbocycles. The van der Waals surface area contributed by atoms with Crippen LogP contribution in [0.3, 0.4) is 0 Å². The minimum Gasteiger partial charge on any atom is -0.484 e. The van der Waals surface area contributed by atoms with Gasteiger partial charge in [0.15, 0.2) is 6.61 Å². The third-order valence-electron chi connectivity index (χ3n) is 4.52. The molecule has 0 N–H and O–H groups in total. The zero-order chi connectivity index (χ0) is 17.8. The Morgan fingerprint density at radius 1 is 1.16 bits per heavy atom. The molecule has 1 amide bonds. The number of carbonyl (C=O) groups is 1. The first kappa shape index (κ1) is 17.8. The Kier molecular flexibility index (Phi) is 5.64. The fourth-order valence-electron chi connectivity index (χ4n) is 2.90. The van der Waals surface area contributed by atoms with Gasteiger partial charge in [-0.25, -0.2) is 0 Å². The van der Waals surface area contributed by atoms with Crippen molar-refractivity contribution in [2.75, 3.05) is 13.2 Å². The maximum Gasteiger partial charge on any atom is 0.260 e. The minimum atomic E-state index is 0.0287. The van der Waals surface area contributed by atoms with Gasteiger partial charge in [0.1, 0.15) is 5.75 Å². The van der Waals surface area contributed by atoms with E-state index < -0.39 is 0 Å². The van der Waals surface area contributed by atoms with E-state index in [9.17, 15) is 4.79 Å². The lowest BCUT2D eigenvalue weighted by Crippen LogP contribution is -2.36. The Bertz CT molecular complexity index is 718. The van der Waals surface area contributed by atoms with E-state index in [4.69, 9.17) is 16.3 Å². The Labute approximate surface area is 154 Å². The van der Waals surface area contributed by atoms with Crippen LogP contribution < -0.4 is 4.74 Å². The van der Waals surface area contributed by atoms with Crippen molar-refractivity contribution in [2.45, 2.75) is 33.2 Å². The van der Waals surface area contributed by atoms with Crippen molar-refractivity contribution in [3.63, 3.8) is 0 Å². The third-order valence-corrected chi connectivity index (χ3v) is 5.11. The van der Waals surface area contributed by atoms with Crippen LogP contribution in [-0.4, -0.2) is 24.0 Å². The predicted octanol–water partition coefficient (Wildman–Crippen LogP) is 4.77. The maximum absolute atomic E-state index is 12.7. The van der Waals surface area contributed by atoms with Gasteiger partial charge in [-0.05, 0) is 61.4 Å². The summed E-state index contributed by atoms with van der Waals surface area (Å²) in [7, 11) is 0. The SMILES string of the molecule is Cc1cc(OCC(=O)N(Cc2ccccc2)CC2CC2)cc(C)c1Cl. The van der Waals surface area contributed by atoms with Crippen molar-refractivity contribution in [3.8, 4) is 5.75 Å². The van der Waals surface area contributed by atoms with Crippen LogP contribution in [0, 0.1) is 19.8 Å². The summed E-state index contributed by atoms with van der Waals surface area (Å²) >= 11 is 6.19. The normalized spacial score (nSPS) is 13.6. The highest BCUT2D eigenvalue weighted by Gasteiger charge is 2.27. The third kappa shape index (κ3) is 4.99. The lowest BCUT2D eigenvalue weighted by atomic mass is 10.1. The van der Waals surface area contributed by atoms with Crippen LogP contribution in [0.25, 0.3) is 0 Å². The van der Waals surface area contributed by atoms with Crippen LogP contribution in [0.2, 0.25) is 5.02 Å². The number of rotatable bonds is 7. The van der Waals surface area contributed by atoms with Crippen LogP contribution in [-0.2, 0) is 11.3 Å². The molecule has 0 aromatic heterocycles. The van der Waals surface area contributed by atoms with Crippen molar-refractivity contribution >= 4 is 17.5 Å². The smallest absolute Gasteiger partial charge is 0.260 e. The number of carbonyl (C=O) groups excluding carboxylic acids is 1. The van der Waals surface area contributed by atoms with Gasteiger partial charge < -0.3 is 9.64 Å². The van der Waals surface area contributed by atoms with Gasteiger partial charge in [0, 0.05) is 18.1 Å². The largest absolute Gasteiger partial charge is 0.484 e. The number of ether oxygens (including phenoxy) is 1. The van der Waals surface area contributed by atoms with Gasteiger partial charge in [-0.1, -0.05) is 41.9 Å². The summed E-state index contributed by atoms with van der Waals surface area (Å²) in [5.41, 5.74) is 3.07. The van der Waals surface area contributed by atoms with Gasteiger partial charge in [0.05, 0.1) is 0 Å². The molecule has 0 heterocycles. The number of aryl methyl sites for hydroxylation is 2. The molecule has 1 aliphatic rings. The quantitative estimate of drug-likeness (QED) is 0.714. The van der Waals surface area contributed by atoms with Crippen molar-refractivity contribution in [2.24, 2.45) is 5.92 Å². The molecule has 0 spiro atoms. The molecular weight excluding hydrogens is 334 g/mol. The zero-order valence-electron chi connectivity index (χ0n) is 14.8. The first-order valence-corrected chi connectivity index (χ1v) is 9.12. The maximum atomic E-state index is 12.7. The number of halogens is 1. The molecule has 3 nitrogen and oxygen atoms in total. The Balaban J connectivity index is 1.63. The topological polar surface area (TPSA) is 29.5 Å². The Morgan fingerprint density at radius 3 is 2.40 bits per heavy atom. The Hall–Kier alpha value is -2.00. The van der Waals surface area contributed by atoms with E-state index in [1.165, 1.54) is 12.8 Å². The minimum absolute atomic E-state index is 0.0287. The van der Waals surface area contributed by atoms with Gasteiger partial charge >= 0.3 is 0 Å². The average molecular weight is 358 g/mol. The van der Waals surface area contributed by atoms with Gasteiger partial charge in [0.25, 0.3) is 5.91 Å². The van der Waals surface area contributed by atoms with E-state index in [0.29, 0.717) is 18.2 Å². The molecule has 0 saturated heterocycles. The number of nitrogens with zero attached hydrogens (tertiary/aromatic N) is 1. The van der Waals surface area contributed by atoms with E-state index >= 15 is 0 Å². The summed E-state index contributed by atoms with van der Waals surface area (Å²) < 4.78 is 5.76. The average Bonchev–Trinajstić information content (AvgIpc) is 3.42. The molecule has 3 rings (SSSR count). The molecule has 0 atom stereocenters. The summed E-state index contributed by atoms with van der Waals surface area (Å²) in [5.74, 6) is 1.37. The Morgan fingerprint density at radius 2 is 1.80 bits per heavy atom. The molecule has 4 heteroatoms. The van der Waals surface area contributed by atoms with Crippen molar-refractivity contribution in [1.82, 2.24) is 4.90 Å². The second kappa shape index (κ2) is 7.92. The number of hydrogen-bond donors (Lipinski definition) is 0. The molecule has 25 heavy (non-hydrogen) atoms. The van der Waals surface area contributed by atoms with Crippen LogP contribution in [0.5, 0.6) is 5.75 Å². The highest BCUT2D eigenvalue weighted by atomic mass is 35.5. The number of amides is 1. The summed E-state index contributed by atoms with van der Waals surface area (Å²) in [6.45, 7) is 5.39. The van der Waals surface area contributed by atoms with E-state index in [-0.39, 0.29) is 12.5 Å². The molecule has 0 bridgehead atoms. The molecule has 0 aliphatic heterocycles. The van der Waals surface area contributed by atoms with Crippen LogP contribution in [0.4, 0.5) is 0 Å². The fourth-order valence-corrected chi connectivity index (χ4v) is 3.01. The second-order valence-corrected chi connectivity index (χ2v) is 7.24. The predicted molar refractivity (Wildman–Crippen MR) is 101 cm³/mol. The van der Waals surface area contributed by atoms with E-state index in [2.05, 4.69) is 12.1 Å². The standard InChI is InChI=1S/C21H24ClNO2/c1-15-10-19(11-16(2)21(15)22)25-14-20(24)23(13-18-8-9-18)12-17-6-4-3-5-7-17/h3-7,10-11,18H,8-9,12-14H2,1-2H3. The van der Waals surface area contributed by atoms with Crippen molar-refractivity contribution in [3.05, 3.63) is 64.2 Å². The fraction of sp³-hybridized carbons (Fsp3) is 0.381. The van der Waals surface area contributed by atoms with E-state index in [0.717, 1.165) is 28.3 Å². The summed E-state index contributed by atoms with van der Waals surface area (Å²) in [5, 5.41) is 0.748. The summed E-state index contributed by atoms with van der Waals surface area (Å²) in [4.78, 5) is 14.6. The molecular formula is C21H24ClNO2. The lowest BCUT2D eigenvalue weighted by Gasteiger charge is -2.23. The van der Waals surface area contributed by atoms with Crippen LogP contribution in [0.15, 0.2) is 42.5 Å². The zero-order valence-corrected chi connectivity index (χ0v) is 15.6. The van der Waals surface area contributed by atoms with Gasteiger partial charge in [-0.15, -0.1) is 0 Å². The van der Waals surface area contributed by atoms with E-state index in [1.54, 1.807) is 0 Å². The highest BCUT2D eigenvalue weighted by molar-refractivity contribution is 6.32. The first-order chi connectivity index (χ1) is 12.0. The lowest BCUT2D eigenvalue weighted by molar-refractivity contribution is -0.134. The molecule has 2 aromatic carbocycles. The highest BCUT2D eigenvalue weighted by Crippen LogP contribution is 2.30. The van der Waals surface area contributed by atoms with Crippen LogP contribution in [0.1, 0.15) is 29.5 Å². The van der Waals surface area contributed by atoms with E-state index in [1.807, 2.05) is 49.1 Å². The molecule has 1 saturated carbocycles. The molecule has 0 radical (unpaired) electrons. The van der Waals surface area contributed by atoms with Gasteiger partial charge in [-0.3, -0.25) is 4.79 Å². The first-order valence-electron chi connectivity index (χ1n) is 8.74. The molecule has 0 unspecified atom stereocenters. The molecule has 1 fully saturated rings.